The average molecular weight is 340 g/mol. The van der Waals surface area contributed by atoms with Crippen LogP contribution in [0, 0.1) is 0 Å². The summed E-state index contributed by atoms with van der Waals surface area (Å²) >= 11 is 0. The summed E-state index contributed by atoms with van der Waals surface area (Å²) in [6.45, 7) is 7.26. The molecule has 2 saturated heterocycles. The Morgan fingerprint density at radius 3 is 2.48 bits per heavy atom. The van der Waals surface area contributed by atoms with Gasteiger partial charge in [-0.25, -0.2) is 15.0 Å². The van der Waals surface area contributed by atoms with Gasteiger partial charge in [-0.1, -0.05) is 0 Å². The Hall–Kier alpha value is -1.99. The molecule has 0 atom stereocenters. The van der Waals surface area contributed by atoms with Crippen LogP contribution < -0.4 is 4.90 Å². The molecule has 4 heterocycles. The van der Waals surface area contributed by atoms with Gasteiger partial charge in [0.05, 0.1) is 12.7 Å². The van der Waals surface area contributed by atoms with Gasteiger partial charge < -0.3 is 9.32 Å². The van der Waals surface area contributed by atoms with Gasteiger partial charge in [-0.15, -0.1) is 0 Å². The van der Waals surface area contributed by atoms with Crippen molar-refractivity contribution >= 4 is 5.95 Å². The van der Waals surface area contributed by atoms with E-state index in [1.54, 1.807) is 0 Å². The van der Waals surface area contributed by atoms with Gasteiger partial charge in [0.15, 0.2) is 0 Å². The lowest BCUT2D eigenvalue weighted by Crippen LogP contribution is -2.62. The number of rotatable bonds is 5. The van der Waals surface area contributed by atoms with E-state index in [4.69, 9.17) is 4.42 Å². The van der Waals surface area contributed by atoms with Gasteiger partial charge >= 0.3 is 0 Å². The van der Waals surface area contributed by atoms with Crippen LogP contribution in [0.1, 0.15) is 30.4 Å². The number of anilines is 1. The molecular formula is C18H24N6O. The minimum absolute atomic E-state index is 0.648. The van der Waals surface area contributed by atoms with E-state index < -0.39 is 0 Å². The van der Waals surface area contributed by atoms with Crippen LogP contribution in [-0.2, 0) is 6.54 Å². The Bertz CT molecular complexity index is 701. The highest BCUT2D eigenvalue weighted by Crippen LogP contribution is 2.40. The van der Waals surface area contributed by atoms with Gasteiger partial charge in [0.25, 0.3) is 0 Å². The molecule has 0 aromatic carbocycles. The molecule has 2 aliphatic heterocycles. The van der Waals surface area contributed by atoms with Crippen molar-refractivity contribution in [3.8, 4) is 0 Å². The fourth-order valence-electron chi connectivity index (χ4n) is 3.79. The first-order chi connectivity index (χ1) is 12.3. The first-order valence-corrected chi connectivity index (χ1v) is 9.28. The second-order valence-electron chi connectivity index (χ2n) is 7.35. The zero-order valence-electron chi connectivity index (χ0n) is 14.4. The normalized spacial score (nSPS) is 23.0. The third-order valence-electron chi connectivity index (χ3n) is 5.51. The maximum absolute atomic E-state index is 5.87. The molecule has 5 rings (SSSR count). The zero-order chi connectivity index (χ0) is 16.6. The first kappa shape index (κ1) is 15.3. The monoisotopic (exact) mass is 340 g/mol. The highest BCUT2D eigenvalue weighted by molar-refractivity contribution is 5.29. The van der Waals surface area contributed by atoms with Crippen molar-refractivity contribution in [3.05, 3.63) is 36.3 Å². The third kappa shape index (κ3) is 3.26. The SMILES string of the molecule is c1cnc(N2CCN(C3CN(Cc4ncc(C5CC5)o4)C3)CC2)nc1. The van der Waals surface area contributed by atoms with Crippen molar-refractivity contribution in [1.29, 1.82) is 0 Å². The van der Waals surface area contributed by atoms with Gasteiger partial charge in [-0.2, -0.15) is 0 Å². The first-order valence-electron chi connectivity index (χ1n) is 9.28. The molecule has 0 radical (unpaired) electrons. The fraction of sp³-hybridized carbons (Fsp3) is 0.611. The number of likely N-dealkylation sites (tertiary alicyclic amines) is 1. The smallest absolute Gasteiger partial charge is 0.225 e. The van der Waals surface area contributed by atoms with E-state index in [2.05, 4.69) is 29.7 Å². The highest BCUT2D eigenvalue weighted by Gasteiger charge is 2.35. The highest BCUT2D eigenvalue weighted by atomic mass is 16.4. The number of aromatic nitrogens is 3. The van der Waals surface area contributed by atoms with Crippen molar-refractivity contribution in [3.63, 3.8) is 0 Å². The van der Waals surface area contributed by atoms with Gasteiger partial charge in [-0.05, 0) is 18.9 Å². The quantitative estimate of drug-likeness (QED) is 0.814. The Kier molecular flexibility index (Phi) is 3.90. The lowest BCUT2D eigenvalue weighted by Gasteiger charge is -2.47. The average Bonchev–Trinajstić information content (AvgIpc) is 3.38. The standard InChI is InChI=1S/C18H24N6O/c1-4-19-18(20-5-1)24-8-6-23(7-9-24)15-11-22(12-15)13-17-21-10-16(25-17)14-2-3-14/h1,4-5,10,14-15H,2-3,6-9,11-13H2. The summed E-state index contributed by atoms with van der Waals surface area (Å²) in [6, 6.07) is 2.53. The Morgan fingerprint density at radius 1 is 1.00 bits per heavy atom. The lowest BCUT2D eigenvalue weighted by atomic mass is 10.1. The van der Waals surface area contributed by atoms with Crippen molar-refractivity contribution in [2.24, 2.45) is 0 Å². The van der Waals surface area contributed by atoms with Gasteiger partial charge in [-0.3, -0.25) is 9.80 Å². The number of oxazole rings is 1. The van der Waals surface area contributed by atoms with E-state index in [1.807, 2.05) is 24.7 Å². The third-order valence-corrected chi connectivity index (χ3v) is 5.51. The summed E-state index contributed by atoms with van der Waals surface area (Å²) in [5, 5.41) is 0. The van der Waals surface area contributed by atoms with Crippen LogP contribution in [0.5, 0.6) is 0 Å². The summed E-state index contributed by atoms with van der Waals surface area (Å²) in [7, 11) is 0. The molecule has 0 bridgehead atoms. The van der Waals surface area contributed by atoms with Gasteiger partial charge in [0.1, 0.15) is 5.76 Å². The molecule has 0 N–H and O–H groups in total. The van der Waals surface area contributed by atoms with Crippen molar-refractivity contribution in [2.75, 3.05) is 44.2 Å². The van der Waals surface area contributed by atoms with E-state index in [9.17, 15) is 0 Å². The summed E-state index contributed by atoms with van der Waals surface area (Å²) in [4.78, 5) is 20.5. The molecule has 0 unspecified atom stereocenters. The minimum atomic E-state index is 0.648. The van der Waals surface area contributed by atoms with Crippen LogP contribution >= 0.6 is 0 Å². The molecule has 132 valence electrons. The zero-order valence-corrected chi connectivity index (χ0v) is 14.4. The van der Waals surface area contributed by atoms with Gasteiger partial charge in [0.2, 0.25) is 11.8 Å². The second-order valence-corrected chi connectivity index (χ2v) is 7.35. The molecule has 2 aromatic heterocycles. The molecule has 0 spiro atoms. The van der Waals surface area contributed by atoms with Crippen LogP contribution in [-0.4, -0.2) is 70.1 Å². The molecule has 1 aliphatic carbocycles. The minimum Gasteiger partial charge on any atom is -0.444 e. The Labute approximate surface area is 147 Å². The molecular weight excluding hydrogens is 316 g/mol. The van der Waals surface area contributed by atoms with E-state index >= 15 is 0 Å². The molecule has 7 nitrogen and oxygen atoms in total. The van der Waals surface area contributed by atoms with Crippen LogP contribution in [0.25, 0.3) is 0 Å². The van der Waals surface area contributed by atoms with E-state index in [1.165, 1.54) is 12.8 Å². The molecule has 7 heteroatoms. The molecule has 1 saturated carbocycles. The molecule has 25 heavy (non-hydrogen) atoms. The number of hydrogen-bond donors (Lipinski definition) is 0. The van der Waals surface area contributed by atoms with Crippen molar-refractivity contribution in [2.45, 2.75) is 31.3 Å². The Morgan fingerprint density at radius 2 is 1.76 bits per heavy atom. The maximum atomic E-state index is 5.87. The lowest BCUT2D eigenvalue weighted by molar-refractivity contribution is 0.0204. The van der Waals surface area contributed by atoms with Crippen molar-refractivity contribution in [1.82, 2.24) is 24.8 Å². The summed E-state index contributed by atoms with van der Waals surface area (Å²) < 4.78 is 5.87. The van der Waals surface area contributed by atoms with E-state index in [-0.39, 0.29) is 0 Å². The van der Waals surface area contributed by atoms with Crippen molar-refractivity contribution < 1.29 is 4.42 Å². The molecule has 0 amide bonds. The summed E-state index contributed by atoms with van der Waals surface area (Å²) in [5.41, 5.74) is 0. The molecule has 3 aliphatic rings. The Balaban J connectivity index is 1.08. The molecule has 3 fully saturated rings. The largest absolute Gasteiger partial charge is 0.444 e. The van der Waals surface area contributed by atoms with Crippen LogP contribution in [0.3, 0.4) is 0 Å². The topological polar surface area (TPSA) is 61.5 Å². The van der Waals surface area contributed by atoms with Crippen LogP contribution in [0.2, 0.25) is 0 Å². The second kappa shape index (κ2) is 6.38. The van der Waals surface area contributed by atoms with Crippen LogP contribution in [0.4, 0.5) is 5.95 Å². The summed E-state index contributed by atoms with van der Waals surface area (Å²) in [5.74, 6) is 3.47. The molecule has 2 aromatic rings. The maximum Gasteiger partial charge on any atom is 0.225 e. The van der Waals surface area contributed by atoms with Crippen LogP contribution in [0.15, 0.2) is 29.1 Å². The fourth-order valence-corrected chi connectivity index (χ4v) is 3.79. The number of piperazine rings is 1. The van der Waals surface area contributed by atoms with E-state index in [0.717, 1.165) is 63.4 Å². The number of nitrogens with zero attached hydrogens (tertiary/aromatic N) is 6. The van der Waals surface area contributed by atoms with Gasteiger partial charge in [0, 0.05) is 63.6 Å². The van der Waals surface area contributed by atoms with E-state index in [0.29, 0.717) is 12.0 Å². The number of hydrogen-bond acceptors (Lipinski definition) is 7. The summed E-state index contributed by atoms with van der Waals surface area (Å²) in [6.07, 6.45) is 8.08. The predicted octanol–water partition coefficient (Wildman–Crippen LogP) is 1.35. The predicted molar refractivity (Wildman–Crippen MR) is 93.4 cm³/mol.